The van der Waals surface area contributed by atoms with Crippen molar-refractivity contribution in [3.63, 3.8) is 0 Å². The lowest BCUT2D eigenvalue weighted by Gasteiger charge is -2.10. The van der Waals surface area contributed by atoms with Gasteiger partial charge in [0, 0.05) is 0 Å². The number of hydrogen-bond acceptors (Lipinski definition) is 2. The van der Waals surface area contributed by atoms with E-state index in [0.29, 0.717) is 0 Å². The molecule has 0 amide bonds. The van der Waals surface area contributed by atoms with E-state index in [0.717, 1.165) is 0 Å². The monoisotopic (exact) mass is 268 g/mol. The molecule has 0 unspecified atom stereocenters. The maximum atomic E-state index is 13.1. The van der Waals surface area contributed by atoms with Crippen LogP contribution in [-0.2, 0) is 16.1 Å². The van der Waals surface area contributed by atoms with E-state index in [2.05, 4.69) is 4.74 Å². The summed E-state index contributed by atoms with van der Waals surface area (Å²) < 4.78 is 69.0. The summed E-state index contributed by atoms with van der Waals surface area (Å²) in [6, 6.07) is 0. The third-order valence-electron chi connectivity index (χ3n) is 2.13. The summed E-state index contributed by atoms with van der Waals surface area (Å²) in [5.74, 6) is -11.8. The lowest BCUT2D eigenvalue weighted by Crippen LogP contribution is -2.14. The third-order valence-corrected chi connectivity index (χ3v) is 2.13. The first-order valence-electron chi connectivity index (χ1n) is 4.94. The van der Waals surface area contributed by atoms with Crippen LogP contribution in [0.15, 0.2) is 0 Å². The Morgan fingerprint density at radius 2 is 1.33 bits per heavy atom. The van der Waals surface area contributed by atoms with Gasteiger partial charge in [-0.05, 0) is 0 Å². The first kappa shape index (κ1) is 14.4. The van der Waals surface area contributed by atoms with Gasteiger partial charge < -0.3 is 4.74 Å². The summed E-state index contributed by atoms with van der Waals surface area (Å²) in [4.78, 5) is 11.0. The number of benzene rings is 1. The highest BCUT2D eigenvalue weighted by Crippen LogP contribution is 2.23. The van der Waals surface area contributed by atoms with Gasteiger partial charge >= 0.3 is 5.97 Å². The highest BCUT2D eigenvalue weighted by atomic mass is 19.2. The Bertz CT molecular complexity index is 456. The van der Waals surface area contributed by atoms with Crippen LogP contribution in [0.1, 0.15) is 19.4 Å². The van der Waals surface area contributed by atoms with Gasteiger partial charge in [0.25, 0.3) is 0 Å². The zero-order chi connectivity index (χ0) is 14.0. The van der Waals surface area contributed by atoms with Crippen molar-refractivity contribution in [3.8, 4) is 0 Å². The molecule has 0 aliphatic rings. The van der Waals surface area contributed by atoms with Crippen molar-refractivity contribution < 1.29 is 31.5 Å². The van der Waals surface area contributed by atoms with Crippen LogP contribution in [0.25, 0.3) is 0 Å². The molecule has 0 aromatic heterocycles. The summed E-state index contributed by atoms with van der Waals surface area (Å²) in [6.07, 6.45) is 0. The number of rotatable bonds is 3. The maximum absolute atomic E-state index is 13.1. The fourth-order valence-corrected chi connectivity index (χ4v) is 1.09. The summed E-state index contributed by atoms with van der Waals surface area (Å²) in [5, 5.41) is 0. The molecule has 1 rings (SSSR count). The van der Waals surface area contributed by atoms with E-state index < -0.39 is 53.1 Å². The molecule has 0 atom stereocenters. The predicted molar refractivity (Wildman–Crippen MR) is 50.9 cm³/mol. The predicted octanol–water partition coefficient (Wildman–Crippen LogP) is 3.08. The summed E-state index contributed by atoms with van der Waals surface area (Å²) >= 11 is 0. The van der Waals surface area contributed by atoms with E-state index in [4.69, 9.17) is 0 Å². The summed E-state index contributed by atoms with van der Waals surface area (Å²) in [5.41, 5.74) is -1.17. The van der Waals surface area contributed by atoms with E-state index in [-0.39, 0.29) is 0 Å². The normalized spacial score (nSPS) is 10.9. The van der Waals surface area contributed by atoms with Gasteiger partial charge in [0.05, 0.1) is 11.5 Å². The van der Waals surface area contributed by atoms with Gasteiger partial charge in [0.15, 0.2) is 23.3 Å². The second-order valence-corrected chi connectivity index (χ2v) is 3.81. The first-order chi connectivity index (χ1) is 8.27. The largest absolute Gasteiger partial charge is 0.460 e. The van der Waals surface area contributed by atoms with Crippen molar-refractivity contribution in [2.45, 2.75) is 20.5 Å². The Hall–Kier alpha value is -1.66. The van der Waals surface area contributed by atoms with Gasteiger partial charge in [-0.15, -0.1) is 0 Å². The molecule has 100 valence electrons. The topological polar surface area (TPSA) is 26.3 Å². The average Bonchev–Trinajstić information content (AvgIpc) is 2.33. The second-order valence-electron chi connectivity index (χ2n) is 3.81. The van der Waals surface area contributed by atoms with Crippen LogP contribution in [0.3, 0.4) is 0 Å². The average molecular weight is 268 g/mol. The van der Waals surface area contributed by atoms with Crippen LogP contribution >= 0.6 is 0 Å². The number of ether oxygens (including phenoxy) is 1. The van der Waals surface area contributed by atoms with Crippen molar-refractivity contribution in [3.05, 3.63) is 34.6 Å². The molecular formula is C11H9F5O2. The number of hydrogen-bond donors (Lipinski definition) is 0. The maximum Gasteiger partial charge on any atom is 0.308 e. The zero-order valence-electron chi connectivity index (χ0n) is 9.49. The SMILES string of the molecule is CC(C)C(=O)OCc1c(F)c(F)c(F)c(F)c1F. The van der Waals surface area contributed by atoms with Crippen LogP contribution in [0.4, 0.5) is 22.0 Å². The molecule has 0 N–H and O–H groups in total. The second kappa shape index (κ2) is 5.32. The van der Waals surface area contributed by atoms with Gasteiger partial charge in [0.2, 0.25) is 5.82 Å². The van der Waals surface area contributed by atoms with Crippen LogP contribution in [0.5, 0.6) is 0 Å². The highest BCUT2D eigenvalue weighted by molar-refractivity contribution is 5.71. The minimum absolute atomic E-state index is 0.578. The van der Waals surface area contributed by atoms with Gasteiger partial charge in [-0.2, -0.15) is 0 Å². The molecule has 1 aromatic rings. The van der Waals surface area contributed by atoms with Crippen LogP contribution in [0.2, 0.25) is 0 Å². The lowest BCUT2D eigenvalue weighted by atomic mass is 10.1. The first-order valence-corrected chi connectivity index (χ1v) is 4.94. The Balaban J connectivity index is 3.07. The Labute approximate surface area is 99.4 Å². The third kappa shape index (κ3) is 2.60. The van der Waals surface area contributed by atoms with Gasteiger partial charge in [-0.25, -0.2) is 22.0 Å². The number of carbonyl (C=O) groups is 1. The fourth-order valence-electron chi connectivity index (χ4n) is 1.09. The molecule has 0 saturated carbocycles. The van der Waals surface area contributed by atoms with E-state index in [1.54, 1.807) is 0 Å². The molecule has 7 heteroatoms. The summed E-state index contributed by atoms with van der Waals surface area (Å²) in [7, 11) is 0. The Morgan fingerprint density at radius 3 is 1.72 bits per heavy atom. The molecule has 2 nitrogen and oxygen atoms in total. The fraction of sp³-hybridized carbons (Fsp3) is 0.364. The van der Waals surface area contributed by atoms with Crippen molar-refractivity contribution in [1.29, 1.82) is 0 Å². The minimum atomic E-state index is -2.25. The Kier molecular flexibility index (Phi) is 4.26. The van der Waals surface area contributed by atoms with Crippen molar-refractivity contribution in [2.75, 3.05) is 0 Å². The van der Waals surface area contributed by atoms with E-state index in [9.17, 15) is 26.7 Å². The van der Waals surface area contributed by atoms with E-state index in [1.165, 1.54) is 13.8 Å². The quantitative estimate of drug-likeness (QED) is 0.364. The lowest BCUT2D eigenvalue weighted by molar-refractivity contribution is -0.148. The Morgan fingerprint density at radius 1 is 0.944 bits per heavy atom. The molecule has 0 heterocycles. The van der Waals surface area contributed by atoms with Crippen molar-refractivity contribution in [1.82, 2.24) is 0 Å². The molecule has 0 radical (unpaired) electrons. The van der Waals surface area contributed by atoms with Crippen molar-refractivity contribution >= 4 is 5.97 Å². The van der Waals surface area contributed by atoms with Crippen LogP contribution in [0, 0.1) is 35.0 Å². The standard InChI is InChI=1S/C11H9F5O2/c1-4(2)11(17)18-3-5-6(12)8(14)10(16)9(15)7(5)13/h4H,3H2,1-2H3. The molecule has 1 aromatic carbocycles. The van der Waals surface area contributed by atoms with Crippen molar-refractivity contribution in [2.24, 2.45) is 5.92 Å². The molecule has 0 fully saturated rings. The molecule has 18 heavy (non-hydrogen) atoms. The molecule has 0 spiro atoms. The number of carbonyl (C=O) groups excluding carboxylic acids is 1. The highest BCUT2D eigenvalue weighted by Gasteiger charge is 2.26. The summed E-state index contributed by atoms with van der Waals surface area (Å²) in [6.45, 7) is 1.91. The number of esters is 1. The van der Waals surface area contributed by atoms with Gasteiger partial charge in [-0.1, -0.05) is 13.8 Å². The zero-order valence-corrected chi connectivity index (χ0v) is 9.49. The smallest absolute Gasteiger partial charge is 0.308 e. The molecule has 0 saturated heterocycles. The van der Waals surface area contributed by atoms with Gasteiger partial charge in [-0.3, -0.25) is 4.79 Å². The molecule has 0 aliphatic carbocycles. The van der Waals surface area contributed by atoms with Crippen LogP contribution in [-0.4, -0.2) is 5.97 Å². The van der Waals surface area contributed by atoms with Gasteiger partial charge in [0.1, 0.15) is 6.61 Å². The minimum Gasteiger partial charge on any atom is -0.460 e. The molecule has 0 aliphatic heterocycles. The molecule has 0 bridgehead atoms. The molecular weight excluding hydrogens is 259 g/mol. The van der Waals surface area contributed by atoms with E-state index >= 15 is 0 Å². The van der Waals surface area contributed by atoms with E-state index in [1.807, 2.05) is 0 Å². The number of halogens is 5. The van der Waals surface area contributed by atoms with Crippen LogP contribution < -0.4 is 0 Å².